The molecule has 1 saturated carbocycles. The minimum Gasteiger partial charge on any atom is -0.449 e. The minimum absolute atomic E-state index is 0.0592. The molecule has 124 valence electrons. The summed E-state index contributed by atoms with van der Waals surface area (Å²) >= 11 is 0. The van der Waals surface area contributed by atoms with Gasteiger partial charge < -0.3 is 4.74 Å². The zero-order chi connectivity index (χ0) is 17.2. The molecule has 0 spiro atoms. The van der Waals surface area contributed by atoms with Gasteiger partial charge in [-0.2, -0.15) is 0 Å². The van der Waals surface area contributed by atoms with Crippen LogP contribution in [0.2, 0.25) is 0 Å². The second kappa shape index (κ2) is 6.16. The number of benzene rings is 1. The Morgan fingerprint density at radius 3 is 2.43 bits per heavy atom. The number of carbonyl (C=O) groups is 1. The van der Waals surface area contributed by atoms with Gasteiger partial charge in [0.15, 0.2) is 4.90 Å². The standard InChI is InChI=1S/C11H11N3O8S/c15-11(22-6-7-1-2-7)12-23(20,21)10-4-3-8(13(16)17)5-9(10)14(18)19/h3-5,7H,1-2,6H2,(H,12,15). The molecular weight excluding hydrogens is 334 g/mol. The van der Waals surface area contributed by atoms with E-state index < -0.39 is 42.2 Å². The molecule has 1 fully saturated rings. The van der Waals surface area contributed by atoms with Crippen LogP contribution in [-0.4, -0.2) is 31.0 Å². The third-order valence-corrected chi connectivity index (χ3v) is 4.36. The number of hydrogen-bond acceptors (Lipinski definition) is 8. The monoisotopic (exact) mass is 345 g/mol. The number of nitro groups is 2. The number of nitrogens with one attached hydrogen (secondary N) is 1. The Kier molecular flexibility index (Phi) is 4.45. The predicted octanol–water partition coefficient (Wildman–Crippen LogP) is 1.33. The van der Waals surface area contributed by atoms with Crippen LogP contribution in [0.25, 0.3) is 0 Å². The summed E-state index contributed by atoms with van der Waals surface area (Å²) in [5, 5.41) is 21.5. The third-order valence-electron chi connectivity index (χ3n) is 3.00. The highest BCUT2D eigenvalue weighted by atomic mass is 32.2. The number of non-ortho nitro benzene ring substituents is 1. The van der Waals surface area contributed by atoms with E-state index in [9.17, 15) is 33.4 Å². The second-order valence-electron chi connectivity index (χ2n) is 4.81. The maximum atomic E-state index is 12.0. The smallest absolute Gasteiger partial charge is 0.421 e. The van der Waals surface area contributed by atoms with Crippen molar-refractivity contribution < 1.29 is 27.8 Å². The molecule has 2 rings (SSSR count). The van der Waals surface area contributed by atoms with Crippen LogP contribution in [0, 0.1) is 26.1 Å². The molecule has 23 heavy (non-hydrogen) atoms. The summed E-state index contributed by atoms with van der Waals surface area (Å²) in [5.74, 6) is 0.206. The van der Waals surface area contributed by atoms with Crippen LogP contribution in [0.5, 0.6) is 0 Å². The number of hydrogen-bond donors (Lipinski definition) is 1. The number of amides is 1. The van der Waals surface area contributed by atoms with Gasteiger partial charge in [-0.25, -0.2) is 17.9 Å². The van der Waals surface area contributed by atoms with Gasteiger partial charge in [0.25, 0.3) is 21.4 Å². The van der Waals surface area contributed by atoms with Crippen molar-refractivity contribution in [1.29, 1.82) is 0 Å². The molecule has 1 aromatic rings. The van der Waals surface area contributed by atoms with Crippen molar-refractivity contribution >= 4 is 27.5 Å². The molecule has 0 unspecified atom stereocenters. The van der Waals surface area contributed by atoms with Gasteiger partial charge in [-0.3, -0.25) is 20.2 Å². The van der Waals surface area contributed by atoms with Gasteiger partial charge in [0.1, 0.15) is 0 Å². The quantitative estimate of drug-likeness (QED) is 0.597. The zero-order valence-electron chi connectivity index (χ0n) is 11.5. The summed E-state index contributed by atoms with van der Waals surface area (Å²) in [6.07, 6.45) is 0.506. The van der Waals surface area contributed by atoms with Gasteiger partial charge >= 0.3 is 6.09 Å². The Morgan fingerprint density at radius 2 is 1.91 bits per heavy atom. The molecule has 1 aromatic carbocycles. The lowest BCUT2D eigenvalue weighted by molar-refractivity contribution is -0.396. The van der Waals surface area contributed by atoms with Crippen LogP contribution < -0.4 is 4.72 Å². The number of carbonyl (C=O) groups excluding carboxylic acids is 1. The van der Waals surface area contributed by atoms with Crippen molar-refractivity contribution in [2.24, 2.45) is 5.92 Å². The molecule has 11 nitrogen and oxygen atoms in total. The number of sulfonamides is 1. The lowest BCUT2D eigenvalue weighted by atomic mass is 10.3. The van der Waals surface area contributed by atoms with Gasteiger partial charge in [0.05, 0.1) is 22.5 Å². The number of nitrogens with zero attached hydrogens (tertiary/aromatic N) is 2. The van der Waals surface area contributed by atoms with E-state index in [1.165, 1.54) is 4.72 Å². The Bertz CT molecular complexity index is 771. The first-order valence-corrected chi connectivity index (χ1v) is 7.81. The summed E-state index contributed by atoms with van der Waals surface area (Å²) in [6.45, 7) is 0.0592. The minimum atomic E-state index is -4.59. The molecule has 0 aliphatic heterocycles. The summed E-state index contributed by atoms with van der Waals surface area (Å²) in [6, 6.07) is 1.98. The molecule has 12 heteroatoms. The fraction of sp³-hybridized carbons (Fsp3) is 0.364. The molecular formula is C11H11N3O8S. The van der Waals surface area contributed by atoms with E-state index in [0.717, 1.165) is 18.9 Å². The van der Waals surface area contributed by atoms with Crippen LogP contribution in [0.15, 0.2) is 23.1 Å². The average Bonchev–Trinajstić information content (AvgIpc) is 3.28. The van der Waals surface area contributed by atoms with Crippen LogP contribution in [0.1, 0.15) is 12.8 Å². The van der Waals surface area contributed by atoms with E-state index in [2.05, 4.69) is 4.74 Å². The van der Waals surface area contributed by atoms with Crippen molar-refractivity contribution in [3.63, 3.8) is 0 Å². The fourth-order valence-corrected chi connectivity index (χ4v) is 2.71. The molecule has 0 saturated heterocycles. The maximum Gasteiger partial charge on any atom is 0.421 e. The maximum absolute atomic E-state index is 12.0. The molecule has 1 aliphatic carbocycles. The molecule has 0 bridgehead atoms. The van der Waals surface area contributed by atoms with Crippen LogP contribution >= 0.6 is 0 Å². The Labute approximate surface area is 129 Å². The summed E-state index contributed by atoms with van der Waals surface area (Å²) in [7, 11) is -4.59. The fourth-order valence-electron chi connectivity index (χ4n) is 1.66. The Balaban J connectivity index is 2.25. The van der Waals surface area contributed by atoms with Crippen LogP contribution in [-0.2, 0) is 14.8 Å². The Hall–Kier alpha value is -2.76. The normalized spacial score (nSPS) is 14.1. The second-order valence-corrected chi connectivity index (χ2v) is 6.46. The van der Waals surface area contributed by atoms with E-state index in [1.807, 2.05) is 0 Å². The van der Waals surface area contributed by atoms with E-state index in [4.69, 9.17) is 0 Å². The summed E-state index contributed by atoms with van der Waals surface area (Å²) < 4.78 is 30.3. The molecule has 0 radical (unpaired) electrons. The van der Waals surface area contributed by atoms with Crippen LogP contribution in [0.3, 0.4) is 0 Å². The topological polar surface area (TPSA) is 159 Å². The molecule has 0 heterocycles. The highest BCUT2D eigenvalue weighted by Gasteiger charge is 2.31. The molecule has 1 amide bonds. The predicted molar refractivity (Wildman–Crippen MR) is 74.1 cm³/mol. The SMILES string of the molecule is O=C(NS(=O)(=O)c1ccc([N+](=O)[O-])cc1[N+](=O)[O-])OCC1CC1. The molecule has 1 aliphatic rings. The third kappa shape index (κ3) is 4.12. The number of ether oxygens (including phenoxy) is 1. The van der Waals surface area contributed by atoms with E-state index in [1.54, 1.807) is 0 Å². The number of nitro benzene ring substituents is 2. The highest BCUT2D eigenvalue weighted by Crippen LogP contribution is 2.29. The Morgan fingerprint density at radius 1 is 1.26 bits per heavy atom. The summed E-state index contributed by atoms with van der Waals surface area (Å²) in [5.41, 5.74) is -1.66. The first-order valence-electron chi connectivity index (χ1n) is 6.33. The largest absolute Gasteiger partial charge is 0.449 e. The van der Waals surface area contributed by atoms with E-state index >= 15 is 0 Å². The molecule has 0 atom stereocenters. The van der Waals surface area contributed by atoms with Gasteiger partial charge in [-0.15, -0.1) is 0 Å². The lowest BCUT2D eigenvalue weighted by Crippen LogP contribution is -2.32. The van der Waals surface area contributed by atoms with Gasteiger partial charge in [0, 0.05) is 6.07 Å². The van der Waals surface area contributed by atoms with Gasteiger partial charge in [0.2, 0.25) is 0 Å². The van der Waals surface area contributed by atoms with Crippen LogP contribution in [0.4, 0.5) is 16.2 Å². The average molecular weight is 345 g/mol. The first kappa shape index (κ1) is 16.6. The van der Waals surface area contributed by atoms with Crippen molar-refractivity contribution in [3.05, 3.63) is 38.4 Å². The lowest BCUT2D eigenvalue weighted by Gasteiger charge is -2.08. The van der Waals surface area contributed by atoms with Gasteiger partial charge in [-0.1, -0.05) is 0 Å². The number of rotatable bonds is 6. The zero-order valence-corrected chi connectivity index (χ0v) is 12.3. The van der Waals surface area contributed by atoms with E-state index in [-0.39, 0.29) is 12.5 Å². The first-order chi connectivity index (χ1) is 10.7. The molecule has 1 N–H and O–H groups in total. The van der Waals surface area contributed by atoms with Crippen molar-refractivity contribution in [1.82, 2.24) is 4.72 Å². The van der Waals surface area contributed by atoms with E-state index in [0.29, 0.717) is 12.1 Å². The molecule has 0 aromatic heterocycles. The van der Waals surface area contributed by atoms with Crippen molar-refractivity contribution in [2.75, 3.05) is 6.61 Å². The van der Waals surface area contributed by atoms with Crippen molar-refractivity contribution in [3.8, 4) is 0 Å². The van der Waals surface area contributed by atoms with Crippen molar-refractivity contribution in [2.45, 2.75) is 17.7 Å². The summed E-state index contributed by atoms with van der Waals surface area (Å²) in [4.78, 5) is 30.1. The highest BCUT2D eigenvalue weighted by molar-refractivity contribution is 7.90. The van der Waals surface area contributed by atoms with Gasteiger partial charge in [-0.05, 0) is 24.8 Å².